The maximum Gasteiger partial charge on any atom is 0.573 e. The molecular weight excluding hydrogens is 401 g/mol. The number of ether oxygens (including phenoxy) is 2. The van der Waals surface area contributed by atoms with E-state index in [0.717, 1.165) is 0 Å². The van der Waals surface area contributed by atoms with Gasteiger partial charge in [-0.15, -0.1) is 13.2 Å². The van der Waals surface area contributed by atoms with Crippen molar-refractivity contribution in [1.82, 2.24) is 0 Å². The van der Waals surface area contributed by atoms with E-state index in [1.54, 1.807) is 19.9 Å². The first kappa shape index (κ1) is 24.6. The van der Waals surface area contributed by atoms with Crippen LogP contribution in [-0.2, 0) is 16.1 Å². The number of hydrogen-bond donors (Lipinski definition) is 1. The summed E-state index contributed by atoms with van der Waals surface area (Å²) in [4.78, 5) is 10.9. The molecule has 1 rings (SSSR count). The summed E-state index contributed by atoms with van der Waals surface area (Å²) in [5.74, 6) is -1.14. The predicted octanol–water partition coefficient (Wildman–Crippen LogP) is 6.37. The Morgan fingerprint density at radius 3 is 2.47 bits per heavy atom. The van der Waals surface area contributed by atoms with Crippen LogP contribution in [0.4, 0.5) is 13.2 Å². The van der Waals surface area contributed by atoms with Gasteiger partial charge in [-0.3, -0.25) is 0 Å². The molecule has 1 heterocycles. The second-order valence-electron chi connectivity index (χ2n) is 5.96. The fourth-order valence-electron chi connectivity index (χ4n) is 2.27. The molecule has 0 saturated heterocycles. The van der Waals surface area contributed by atoms with Crippen molar-refractivity contribution < 1.29 is 37.0 Å². The topological polar surface area (TPSA) is 68.9 Å². The number of allylic oxidation sites excluding steroid dienone is 8. The summed E-state index contributed by atoms with van der Waals surface area (Å²) in [7, 11) is 0. The quantitative estimate of drug-likeness (QED) is 0.349. The van der Waals surface area contributed by atoms with Gasteiger partial charge in [0, 0.05) is 5.56 Å². The lowest BCUT2D eigenvalue weighted by atomic mass is 10.1. The first-order chi connectivity index (χ1) is 14.0. The van der Waals surface area contributed by atoms with Crippen LogP contribution >= 0.6 is 0 Å². The molecule has 0 aliphatic carbocycles. The van der Waals surface area contributed by atoms with Gasteiger partial charge >= 0.3 is 12.3 Å². The lowest BCUT2D eigenvalue weighted by molar-refractivity contribution is -0.303. The molecule has 0 saturated carbocycles. The van der Waals surface area contributed by atoms with Crippen molar-refractivity contribution >= 4 is 5.97 Å². The average Bonchev–Trinajstić information content (AvgIpc) is 3.04. The molecule has 8 heteroatoms. The second kappa shape index (κ2) is 10.9. The van der Waals surface area contributed by atoms with Crippen LogP contribution in [0.2, 0.25) is 0 Å². The minimum absolute atomic E-state index is 0.0241. The Balaban J connectivity index is 2.93. The summed E-state index contributed by atoms with van der Waals surface area (Å²) in [6.45, 7) is 11.9. The lowest BCUT2D eigenvalue weighted by Crippen LogP contribution is -2.13. The molecule has 0 aliphatic rings. The molecule has 162 valence electrons. The average molecular weight is 424 g/mol. The van der Waals surface area contributed by atoms with Gasteiger partial charge in [-0.2, -0.15) is 0 Å². The third-order valence-electron chi connectivity index (χ3n) is 3.82. The normalized spacial score (nSPS) is 13.5. The summed E-state index contributed by atoms with van der Waals surface area (Å²) in [5.41, 5.74) is 1.24. The number of aromatic carboxylic acids is 1. The number of hydrogen-bond acceptors (Lipinski definition) is 4. The van der Waals surface area contributed by atoms with Crippen molar-refractivity contribution in [2.24, 2.45) is 0 Å². The minimum Gasteiger partial charge on any atom is -0.489 e. The Hall–Kier alpha value is -3.42. The van der Waals surface area contributed by atoms with Crippen molar-refractivity contribution in [3.05, 3.63) is 95.4 Å². The molecule has 30 heavy (non-hydrogen) atoms. The zero-order valence-corrected chi connectivity index (χ0v) is 16.9. The molecule has 0 atom stereocenters. The predicted molar refractivity (Wildman–Crippen MR) is 106 cm³/mol. The maximum absolute atomic E-state index is 12.7. The van der Waals surface area contributed by atoms with Crippen molar-refractivity contribution in [2.75, 3.05) is 0 Å². The van der Waals surface area contributed by atoms with Crippen molar-refractivity contribution in [2.45, 2.75) is 33.7 Å². The number of carboxylic acids is 1. The highest BCUT2D eigenvalue weighted by atomic mass is 19.4. The largest absolute Gasteiger partial charge is 0.573 e. The molecule has 1 aromatic heterocycles. The molecule has 0 aromatic carbocycles. The summed E-state index contributed by atoms with van der Waals surface area (Å²) < 4.78 is 52.7. The van der Waals surface area contributed by atoms with Gasteiger partial charge in [-0.25, -0.2) is 4.79 Å². The van der Waals surface area contributed by atoms with Crippen LogP contribution in [0, 0.1) is 6.92 Å². The second-order valence-corrected chi connectivity index (χ2v) is 5.96. The Morgan fingerprint density at radius 1 is 1.30 bits per heavy atom. The van der Waals surface area contributed by atoms with Gasteiger partial charge in [-0.1, -0.05) is 37.5 Å². The number of furan rings is 1. The maximum atomic E-state index is 12.7. The molecule has 0 amide bonds. The zero-order valence-electron chi connectivity index (χ0n) is 16.9. The first-order valence-corrected chi connectivity index (χ1v) is 8.73. The third-order valence-corrected chi connectivity index (χ3v) is 3.82. The molecule has 0 radical (unpaired) electrons. The third kappa shape index (κ3) is 7.90. The van der Waals surface area contributed by atoms with E-state index in [2.05, 4.69) is 17.9 Å². The highest BCUT2D eigenvalue weighted by molar-refractivity contribution is 5.84. The van der Waals surface area contributed by atoms with Crippen LogP contribution < -0.4 is 0 Å². The van der Waals surface area contributed by atoms with E-state index < -0.39 is 12.3 Å². The van der Waals surface area contributed by atoms with Crippen LogP contribution in [0.5, 0.6) is 0 Å². The number of rotatable bonds is 10. The number of aryl methyl sites for hydroxylation is 1. The van der Waals surface area contributed by atoms with E-state index in [1.807, 2.05) is 0 Å². The number of carbonyl (C=O) groups is 1. The van der Waals surface area contributed by atoms with Gasteiger partial charge in [0.05, 0.1) is 0 Å². The van der Waals surface area contributed by atoms with Gasteiger partial charge in [0.1, 0.15) is 23.9 Å². The summed E-state index contributed by atoms with van der Waals surface area (Å²) >= 11 is 0. The van der Waals surface area contributed by atoms with E-state index in [-0.39, 0.29) is 29.5 Å². The molecule has 1 aromatic rings. The Kier molecular flexibility index (Phi) is 8.98. The molecule has 0 aliphatic heterocycles. The molecule has 0 unspecified atom stereocenters. The fraction of sp³-hybridized carbons (Fsp3) is 0.227. The van der Waals surface area contributed by atoms with Crippen molar-refractivity contribution in [3.8, 4) is 0 Å². The monoisotopic (exact) mass is 424 g/mol. The van der Waals surface area contributed by atoms with Crippen LogP contribution in [0.15, 0.2) is 82.8 Å². The van der Waals surface area contributed by atoms with Crippen molar-refractivity contribution in [3.63, 3.8) is 0 Å². The first-order valence-electron chi connectivity index (χ1n) is 8.73. The Bertz CT molecular complexity index is 912. The van der Waals surface area contributed by atoms with Gasteiger partial charge in [-0.05, 0) is 50.1 Å². The standard InChI is InChI=1S/C22H23F3O5/c1-6-8-9-19(30-22(23,24)25)15(4)17(7-2)11-10-14(3)28-13-18-12-20(21(26)27)29-16(18)5/h6-12H,1,3,13H2,2,4-5H3,(H,26,27)/b9-8-,11-10-,17-7+,19-15-. The van der Waals surface area contributed by atoms with Crippen LogP contribution in [0.3, 0.4) is 0 Å². The zero-order chi connectivity index (χ0) is 22.9. The number of alkyl halides is 3. The summed E-state index contributed by atoms with van der Waals surface area (Å²) in [6.07, 6.45) is 3.62. The molecule has 1 N–H and O–H groups in total. The van der Waals surface area contributed by atoms with Gasteiger partial charge in [0.25, 0.3) is 0 Å². The minimum atomic E-state index is -4.84. The van der Waals surface area contributed by atoms with Gasteiger partial charge in [0.15, 0.2) is 0 Å². The van der Waals surface area contributed by atoms with Crippen molar-refractivity contribution in [1.29, 1.82) is 0 Å². The van der Waals surface area contributed by atoms with Gasteiger partial charge in [0.2, 0.25) is 5.76 Å². The summed E-state index contributed by atoms with van der Waals surface area (Å²) in [6, 6.07) is 1.35. The molecule has 0 fully saturated rings. The van der Waals surface area contributed by atoms with E-state index in [1.165, 1.54) is 43.4 Å². The van der Waals surface area contributed by atoms with E-state index >= 15 is 0 Å². The number of carboxylic acid groups (broad SMARTS) is 1. The van der Waals surface area contributed by atoms with E-state index in [4.69, 9.17) is 14.3 Å². The fourth-order valence-corrected chi connectivity index (χ4v) is 2.27. The Morgan fingerprint density at radius 2 is 1.97 bits per heavy atom. The highest BCUT2D eigenvalue weighted by Crippen LogP contribution is 2.27. The molecule has 0 spiro atoms. The van der Waals surface area contributed by atoms with E-state index in [9.17, 15) is 18.0 Å². The number of halogens is 3. The van der Waals surface area contributed by atoms with Crippen LogP contribution in [0.1, 0.15) is 35.7 Å². The van der Waals surface area contributed by atoms with Crippen LogP contribution in [0.25, 0.3) is 0 Å². The van der Waals surface area contributed by atoms with E-state index in [0.29, 0.717) is 16.9 Å². The Labute approximate surface area is 172 Å². The molecule has 5 nitrogen and oxygen atoms in total. The highest BCUT2D eigenvalue weighted by Gasteiger charge is 2.32. The lowest BCUT2D eigenvalue weighted by Gasteiger charge is -2.14. The SMILES string of the molecule is C=C\C=C/C(OC(F)(F)F)=C(C)/C(/C=C\C(=C)OCc1cc(C(=O)O)oc1C)=C/C. The molecule has 0 bridgehead atoms. The van der Waals surface area contributed by atoms with Crippen LogP contribution in [-0.4, -0.2) is 17.4 Å². The van der Waals surface area contributed by atoms with Gasteiger partial charge < -0.3 is 19.0 Å². The molecular formula is C22H23F3O5. The smallest absolute Gasteiger partial charge is 0.489 e. The summed E-state index contributed by atoms with van der Waals surface area (Å²) in [5, 5.41) is 8.93.